The first-order valence-electron chi connectivity index (χ1n) is 10.2. The van der Waals surface area contributed by atoms with Crippen LogP contribution in [0.25, 0.3) is 16.0 Å². The number of alkyl halides is 2. The molecule has 10 heteroatoms. The zero-order chi connectivity index (χ0) is 21.6. The van der Waals surface area contributed by atoms with Gasteiger partial charge >= 0.3 is 0 Å². The van der Waals surface area contributed by atoms with Gasteiger partial charge < -0.3 is 4.90 Å². The second-order valence-electron chi connectivity index (χ2n) is 7.91. The average molecular weight is 440 g/mol. The third-order valence-corrected chi connectivity index (χ3v) is 7.25. The Morgan fingerprint density at radius 2 is 1.93 bits per heavy atom. The average Bonchev–Trinajstić information content (AvgIpc) is 2.73. The van der Waals surface area contributed by atoms with Crippen molar-refractivity contribution in [2.24, 2.45) is 11.0 Å². The van der Waals surface area contributed by atoms with Crippen LogP contribution < -0.4 is 4.72 Å². The van der Waals surface area contributed by atoms with Crippen LogP contribution in [0.3, 0.4) is 0 Å². The summed E-state index contributed by atoms with van der Waals surface area (Å²) >= 11 is 0. The van der Waals surface area contributed by atoms with Crippen molar-refractivity contribution < 1.29 is 17.2 Å². The minimum absolute atomic E-state index is 0.168. The van der Waals surface area contributed by atoms with Gasteiger partial charge in [0, 0.05) is 37.4 Å². The van der Waals surface area contributed by atoms with E-state index < -0.39 is 15.9 Å². The molecule has 1 N–H and O–H groups in total. The second-order valence-corrected chi connectivity index (χ2v) is 9.68. The molecule has 0 aromatic heterocycles. The fourth-order valence-electron chi connectivity index (χ4n) is 3.87. The first-order valence-corrected chi connectivity index (χ1v) is 11.7. The van der Waals surface area contributed by atoms with Gasteiger partial charge in [-0.2, -0.15) is 0 Å². The summed E-state index contributed by atoms with van der Waals surface area (Å²) in [5.41, 5.74) is 10.0. The van der Waals surface area contributed by atoms with E-state index in [9.17, 15) is 17.2 Å². The van der Waals surface area contributed by atoms with E-state index in [2.05, 4.69) is 19.6 Å². The standard InChI is InChI=1S/C20H27F2N5O2S/c21-20(22)9-5-18(6-10-20)17-1-3-19(4-2-17)30(28,29)25-11-14-27-12-7-16(8-13-27)15-24-26-23/h1-5,16,25H,6-15H2. The molecule has 2 aliphatic rings. The Hall–Kier alpha value is -2.00. The van der Waals surface area contributed by atoms with Crippen molar-refractivity contribution in [2.45, 2.75) is 42.9 Å². The Bertz CT molecular complexity index is 904. The number of rotatable bonds is 8. The topological polar surface area (TPSA) is 98.2 Å². The molecule has 1 aromatic carbocycles. The van der Waals surface area contributed by atoms with Crippen LogP contribution in [0.2, 0.25) is 0 Å². The summed E-state index contributed by atoms with van der Waals surface area (Å²) in [6.45, 7) is 3.16. The van der Waals surface area contributed by atoms with Crippen molar-refractivity contribution in [3.63, 3.8) is 0 Å². The number of nitrogens with one attached hydrogen (secondary N) is 1. The van der Waals surface area contributed by atoms with Crippen molar-refractivity contribution in [2.75, 3.05) is 32.7 Å². The van der Waals surface area contributed by atoms with Crippen LogP contribution in [0.4, 0.5) is 8.78 Å². The lowest BCUT2D eigenvalue weighted by molar-refractivity contribution is -0.00603. The zero-order valence-electron chi connectivity index (χ0n) is 16.8. The van der Waals surface area contributed by atoms with Crippen LogP contribution in [-0.2, 0) is 10.0 Å². The van der Waals surface area contributed by atoms with Gasteiger partial charge in [0.05, 0.1) is 4.90 Å². The predicted molar refractivity (Wildman–Crippen MR) is 112 cm³/mol. The molecular weight excluding hydrogens is 412 g/mol. The number of azide groups is 1. The van der Waals surface area contributed by atoms with Crippen molar-refractivity contribution in [1.29, 1.82) is 0 Å². The first-order chi connectivity index (χ1) is 14.3. The monoisotopic (exact) mass is 439 g/mol. The highest BCUT2D eigenvalue weighted by Crippen LogP contribution is 2.36. The lowest BCUT2D eigenvalue weighted by Gasteiger charge is -2.31. The molecule has 30 heavy (non-hydrogen) atoms. The summed E-state index contributed by atoms with van der Waals surface area (Å²) in [4.78, 5) is 5.16. The molecule has 0 radical (unpaired) electrons. The van der Waals surface area contributed by atoms with E-state index in [-0.39, 0.29) is 24.2 Å². The molecule has 3 rings (SSSR count). The second kappa shape index (κ2) is 9.87. The van der Waals surface area contributed by atoms with Crippen molar-refractivity contribution in [1.82, 2.24) is 9.62 Å². The normalized spacial score (nSPS) is 20.4. The van der Waals surface area contributed by atoms with Gasteiger partial charge in [-0.1, -0.05) is 23.3 Å². The Labute approximate surface area is 175 Å². The quantitative estimate of drug-likeness (QED) is 0.373. The van der Waals surface area contributed by atoms with Gasteiger partial charge in [-0.25, -0.2) is 21.9 Å². The molecule has 1 aliphatic carbocycles. The smallest absolute Gasteiger partial charge is 0.251 e. The fourth-order valence-corrected chi connectivity index (χ4v) is 4.89. The summed E-state index contributed by atoms with van der Waals surface area (Å²) in [6, 6.07) is 6.40. The minimum Gasteiger partial charge on any atom is -0.302 e. The number of allylic oxidation sites excluding steroid dienone is 2. The lowest BCUT2D eigenvalue weighted by Crippen LogP contribution is -2.40. The molecular formula is C20H27F2N5O2S. The molecule has 7 nitrogen and oxygen atoms in total. The zero-order valence-corrected chi connectivity index (χ0v) is 17.6. The number of piperidine rings is 1. The largest absolute Gasteiger partial charge is 0.302 e. The molecule has 1 fully saturated rings. The molecule has 164 valence electrons. The molecule has 0 bridgehead atoms. The highest BCUT2D eigenvalue weighted by Gasteiger charge is 2.31. The third-order valence-electron chi connectivity index (χ3n) is 5.77. The summed E-state index contributed by atoms with van der Waals surface area (Å²) in [7, 11) is -3.62. The van der Waals surface area contributed by atoms with E-state index in [1.807, 2.05) is 0 Å². The molecule has 1 aromatic rings. The number of benzene rings is 1. The number of sulfonamides is 1. The van der Waals surface area contributed by atoms with Gasteiger partial charge in [-0.3, -0.25) is 0 Å². The summed E-state index contributed by atoms with van der Waals surface area (Å²) in [5.74, 6) is -2.24. The predicted octanol–water partition coefficient (Wildman–Crippen LogP) is 4.19. The molecule has 1 heterocycles. The lowest BCUT2D eigenvalue weighted by atomic mass is 9.91. The van der Waals surface area contributed by atoms with Gasteiger partial charge in [-0.05, 0) is 67.1 Å². The summed E-state index contributed by atoms with van der Waals surface area (Å²) in [5, 5.41) is 3.62. The molecule has 0 saturated carbocycles. The highest BCUT2D eigenvalue weighted by atomic mass is 32.2. The molecule has 0 amide bonds. The number of hydrogen-bond acceptors (Lipinski definition) is 4. The first kappa shape index (κ1) is 22.7. The number of hydrogen-bond donors (Lipinski definition) is 1. The van der Waals surface area contributed by atoms with E-state index in [1.54, 1.807) is 18.2 Å². The van der Waals surface area contributed by atoms with E-state index in [1.165, 1.54) is 12.1 Å². The van der Waals surface area contributed by atoms with Gasteiger partial charge in [0.2, 0.25) is 10.0 Å². The maximum absolute atomic E-state index is 13.3. The van der Waals surface area contributed by atoms with Crippen LogP contribution in [0.15, 0.2) is 40.4 Å². The Balaban J connectivity index is 1.48. The SMILES string of the molecule is [N-]=[N+]=NCC1CCN(CCNS(=O)(=O)c2ccc(C3=CCC(F)(F)CC3)cc2)CC1. The van der Waals surface area contributed by atoms with Gasteiger partial charge in [0.1, 0.15) is 0 Å². The van der Waals surface area contributed by atoms with Crippen molar-refractivity contribution in [3.05, 3.63) is 46.3 Å². The van der Waals surface area contributed by atoms with Crippen LogP contribution in [-0.4, -0.2) is 52.0 Å². The summed E-state index contributed by atoms with van der Waals surface area (Å²) in [6.07, 6.45) is 3.26. The third kappa shape index (κ3) is 6.25. The maximum Gasteiger partial charge on any atom is 0.251 e. The fraction of sp³-hybridized carbons (Fsp3) is 0.600. The molecule has 0 unspecified atom stereocenters. The molecule has 0 spiro atoms. The Morgan fingerprint density at radius 3 is 2.53 bits per heavy atom. The van der Waals surface area contributed by atoms with Crippen LogP contribution in [0, 0.1) is 5.92 Å². The molecule has 1 saturated heterocycles. The van der Waals surface area contributed by atoms with Gasteiger partial charge in [0.25, 0.3) is 5.92 Å². The highest BCUT2D eigenvalue weighted by molar-refractivity contribution is 7.89. The van der Waals surface area contributed by atoms with Gasteiger partial charge in [-0.15, -0.1) is 0 Å². The van der Waals surface area contributed by atoms with Crippen LogP contribution in [0.1, 0.15) is 37.7 Å². The number of halogens is 2. The van der Waals surface area contributed by atoms with E-state index in [0.717, 1.165) is 37.1 Å². The van der Waals surface area contributed by atoms with Crippen LogP contribution >= 0.6 is 0 Å². The molecule has 1 aliphatic heterocycles. The Morgan fingerprint density at radius 1 is 1.23 bits per heavy atom. The van der Waals surface area contributed by atoms with Gasteiger partial charge in [0.15, 0.2) is 0 Å². The van der Waals surface area contributed by atoms with E-state index >= 15 is 0 Å². The minimum atomic E-state index is -3.62. The number of nitrogens with zero attached hydrogens (tertiary/aromatic N) is 4. The van der Waals surface area contributed by atoms with Crippen molar-refractivity contribution in [3.8, 4) is 0 Å². The van der Waals surface area contributed by atoms with Crippen molar-refractivity contribution >= 4 is 15.6 Å². The number of likely N-dealkylation sites (tertiary alicyclic amines) is 1. The van der Waals surface area contributed by atoms with E-state index in [0.29, 0.717) is 25.6 Å². The molecule has 0 atom stereocenters. The Kier molecular flexibility index (Phi) is 7.46. The van der Waals surface area contributed by atoms with E-state index in [4.69, 9.17) is 5.53 Å². The van der Waals surface area contributed by atoms with Crippen LogP contribution in [0.5, 0.6) is 0 Å². The maximum atomic E-state index is 13.3. The summed E-state index contributed by atoms with van der Waals surface area (Å²) < 4.78 is 54.2.